The molecule has 0 fully saturated rings. The number of carbonyl (C=O) groups excluding carboxylic acids is 2. The lowest BCUT2D eigenvalue weighted by atomic mass is 10.1. The summed E-state index contributed by atoms with van der Waals surface area (Å²) in [4.78, 5) is 31.6. The Morgan fingerprint density at radius 1 is 0.972 bits per heavy atom. The highest BCUT2D eigenvalue weighted by molar-refractivity contribution is 5.98. The summed E-state index contributed by atoms with van der Waals surface area (Å²) in [6, 6.07) is 16.9. The molecule has 2 aromatic carbocycles. The van der Waals surface area contributed by atoms with Crippen LogP contribution in [0.1, 0.15) is 42.5 Å². The summed E-state index contributed by atoms with van der Waals surface area (Å²) in [6.45, 7) is 6.56. The van der Waals surface area contributed by atoms with Crippen molar-refractivity contribution in [2.24, 2.45) is 5.73 Å². The average molecular weight is 488 g/mol. The molecule has 2 aromatic heterocycles. The lowest BCUT2D eigenvalue weighted by Gasteiger charge is -2.26. The standard InChI is InChI=1S/C27H29N5O4/c1-27(2,3)36-26(34)31-15-13-20-21(14-16-31)30-32-23(24(28)33)22(29-25(20)32)17-9-11-19(12-10-17)35-18-7-5-4-6-8-18/h4-12,30H,13-16H2,1-3H3,(H2,28,33). The molecule has 186 valence electrons. The molecule has 1 aliphatic rings. The fourth-order valence-electron chi connectivity index (χ4n) is 4.39. The van der Waals surface area contributed by atoms with Crippen LogP contribution in [0, 0.1) is 0 Å². The van der Waals surface area contributed by atoms with E-state index in [-0.39, 0.29) is 6.09 Å². The Balaban J connectivity index is 1.43. The van der Waals surface area contributed by atoms with Crippen LogP contribution in [0.25, 0.3) is 16.9 Å². The number of hydrogen-bond acceptors (Lipinski definition) is 5. The Labute approximate surface area is 208 Å². The van der Waals surface area contributed by atoms with Crippen LogP contribution in [0.3, 0.4) is 0 Å². The van der Waals surface area contributed by atoms with E-state index in [0.29, 0.717) is 48.7 Å². The van der Waals surface area contributed by atoms with Crippen LogP contribution in [-0.4, -0.2) is 50.2 Å². The minimum atomic E-state index is -0.575. The third-order valence-electron chi connectivity index (χ3n) is 6.01. The van der Waals surface area contributed by atoms with E-state index in [0.717, 1.165) is 22.6 Å². The molecule has 1 aliphatic heterocycles. The highest BCUT2D eigenvalue weighted by Gasteiger charge is 2.29. The van der Waals surface area contributed by atoms with E-state index in [1.165, 1.54) is 0 Å². The van der Waals surface area contributed by atoms with E-state index in [9.17, 15) is 9.59 Å². The highest BCUT2D eigenvalue weighted by atomic mass is 16.6. The van der Waals surface area contributed by atoms with Gasteiger partial charge in [0.1, 0.15) is 22.8 Å². The molecular weight excluding hydrogens is 458 g/mol. The van der Waals surface area contributed by atoms with Crippen LogP contribution >= 0.6 is 0 Å². The Morgan fingerprint density at radius 3 is 2.31 bits per heavy atom. The molecule has 0 spiro atoms. The maximum Gasteiger partial charge on any atom is 0.410 e. The topological polar surface area (TPSA) is 115 Å². The second-order valence-electron chi connectivity index (χ2n) is 9.81. The first-order valence-corrected chi connectivity index (χ1v) is 11.9. The zero-order chi connectivity index (χ0) is 25.4. The number of primary amides is 1. The maximum atomic E-state index is 12.6. The first kappa shape index (κ1) is 23.5. The van der Waals surface area contributed by atoms with Gasteiger partial charge in [0.15, 0.2) is 11.3 Å². The number of para-hydroxylation sites is 1. The molecule has 0 radical (unpaired) electrons. The van der Waals surface area contributed by atoms with Gasteiger partial charge in [-0.25, -0.2) is 14.3 Å². The van der Waals surface area contributed by atoms with E-state index in [4.69, 9.17) is 20.2 Å². The van der Waals surface area contributed by atoms with Crippen molar-refractivity contribution in [2.45, 2.75) is 39.2 Å². The van der Waals surface area contributed by atoms with E-state index < -0.39 is 11.5 Å². The summed E-state index contributed by atoms with van der Waals surface area (Å²) in [6.07, 6.45) is 0.847. The van der Waals surface area contributed by atoms with Crippen LogP contribution in [0.4, 0.5) is 4.79 Å². The number of carbonyl (C=O) groups is 2. The number of nitrogens with one attached hydrogen (secondary N) is 1. The largest absolute Gasteiger partial charge is 0.457 e. The maximum absolute atomic E-state index is 12.6. The lowest BCUT2D eigenvalue weighted by Crippen LogP contribution is -2.38. The molecule has 3 N–H and O–H groups in total. The van der Waals surface area contributed by atoms with Crippen molar-refractivity contribution in [3.8, 4) is 22.8 Å². The van der Waals surface area contributed by atoms with Gasteiger partial charge in [0.05, 0.1) is 0 Å². The Bertz CT molecular complexity index is 1410. The fourth-order valence-corrected chi connectivity index (χ4v) is 4.39. The van der Waals surface area contributed by atoms with Gasteiger partial charge in [-0.3, -0.25) is 9.89 Å². The van der Waals surface area contributed by atoms with Gasteiger partial charge in [-0.15, -0.1) is 0 Å². The van der Waals surface area contributed by atoms with E-state index in [1.54, 1.807) is 9.42 Å². The van der Waals surface area contributed by atoms with Crippen molar-refractivity contribution in [1.82, 2.24) is 19.5 Å². The van der Waals surface area contributed by atoms with Crippen molar-refractivity contribution in [1.29, 1.82) is 0 Å². The van der Waals surface area contributed by atoms with Crippen molar-refractivity contribution in [3.05, 3.63) is 71.5 Å². The van der Waals surface area contributed by atoms with E-state index in [1.807, 2.05) is 75.4 Å². The number of rotatable bonds is 4. The molecule has 0 aliphatic carbocycles. The molecule has 0 saturated carbocycles. The van der Waals surface area contributed by atoms with Gasteiger partial charge >= 0.3 is 6.09 Å². The first-order valence-electron chi connectivity index (χ1n) is 11.9. The molecule has 2 amide bonds. The van der Waals surface area contributed by atoms with Gasteiger partial charge in [-0.1, -0.05) is 18.2 Å². The van der Waals surface area contributed by atoms with Gasteiger partial charge in [-0.05, 0) is 63.6 Å². The zero-order valence-corrected chi connectivity index (χ0v) is 20.6. The molecule has 9 heteroatoms. The number of fused-ring (bicyclic) bond motifs is 3. The molecule has 0 unspecified atom stereocenters. The summed E-state index contributed by atoms with van der Waals surface area (Å²) in [5.41, 5.74) is 9.32. The fraction of sp³-hybridized carbons (Fsp3) is 0.296. The molecule has 0 saturated heterocycles. The van der Waals surface area contributed by atoms with Gasteiger partial charge in [0, 0.05) is 36.3 Å². The van der Waals surface area contributed by atoms with Gasteiger partial charge in [0.25, 0.3) is 5.91 Å². The number of aromatic amines is 1. The van der Waals surface area contributed by atoms with Gasteiger partial charge < -0.3 is 20.1 Å². The second-order valence-corrected chi connectivity index (χ2v) is 9.81. The Hall–Kier alpha value is -4.27. The minimum Gasteiger partial charge on any atom is -0.457 e. The number of nitrogens with zero attached hydrogens (tertiary/aromatic N) is 3. The summed E-state index contributed by atoms with van der Waals surface area (Å²) in [5.74, 6) is 0.835. The van der Waals surface area contributed by atoms with Crippen molar-refractivity contribution >= 4 is 17.6 Å². The average Bonchev–Trinajstić information content (AvgIpc) is 3.27. The van der Waals surface area contributed by atoms with Crippen LogP contribution < -0.4 is 10.5 Å². The number of imidazole rings is 1. The first-order chi connectivity index (χ1) is 17.2. The monoisotopic (exact) mass is 487 g/mol. The molecule has 0 atom stereocenters. The third-order valence-corrected chi connectivity index (χ3v) is 6.01. The Morgan fingerprint density at radius 2 is 1.64 bits per heavy atom. The van der Waals surface area contributed by atoms with Gasteiger partial charge in [0.2, 0.25) is 0 Å². The van der Waals surface area contributed by atoms with Crippen molar-refractivity contribution < 1.29 is 19.1 Å². The zero-order valence-electron chi connectivity index (χ0n) is 20.6. The van der Waals surface area contributed by atoms with Crippen LogP contribution in [-0.2, 0) is 17.6 Å². The summed E-state index contributed by atoms with van der Waals surface area (Å²) < 4.78 is 13.1. The molecule has 4 aromatic rings. The highest BCUT2D eigenvalue weighted by Crippen LogP contribution is 2.31. The number of hydrogen-bond donors (Lipinski definition) is 2. The lowest BCUT2D eigenvalue weighted by molar-refractivity contribution is 0.0258. The molecule has 3 heterocycles. The number of aromatic nitrogens is 3. The molecule has 36 heavy (non-hydrogen) atoms. The molecule has 9 nitrogen and oxygen atoms in total. The predicted octanol–water partition coefficient (Wildman–Crippen LogP) is 4.56. The van der Waals surface area contributed by atoms with Crippen LogP contribution in [0.5, 0.6) is 11.5 Å². The number of nitrogens with two attached hydrogens (primary N) is 1. The minimum absolute atomic E-state index is 0.291. The number of benzene rings is 2. The van der Waals surface area contributed by atoms with Crippen molar-refractivity contribution in [3.63, 3.8) is 0 Å². The molecular formula is C27H29N5O4. The molecule has 5 rings (SSSR count). The summed E-state index contributed by atoms with van der Waals surface area (Å²) in [5, 5.41) is 3.30. The second kappa shape index (κ2) is 9.07. The van der Waals surface area contributed by atoms with E-state index >= 15 is 0 Å². The summed E-state index contributed by atoms with van der Waals surface area (Å²) >= 11 is 0. The third kappa shape index (κ3) is 4.64. The van der Waals surface area contributed by atoms with Crippen LogP contribution in [0.2, 0.25) is 0 Å². The summed E-state index contributed by atoms with van der Waals surface area (Å²) in [7, 11) is 0. The number of amides is 2. The molecule has 0 bridgehead atoms. The number of H-pyrrole nitrogens is 1. The quantitative estimate of drug-likeness (QED) is 0.438. The van der Waals surface area contributed by atoms with E-state index in [2.05, 4.69) is 5.10 Å². The smallest absolute Gasteiger partial charge is 0.410 e. The predicted molar refractivity (Wildman–Crippen MR) is 135 cm³/mol. The van der Waals surface area contributed by atoms with Crippen molar-refractivity contribution in [2.75, 3.05) is 13.1 Å². The van der Waals surface area contributed by atoms with Crippen LogP contribution in [0.15, 0.2) is 54.6 Å². The number of ether oxygens (including phenoxy) is 2. The Kier molecular flexibility index (Phi) is 5.91. The SMILES string of the molecule is CC(C)(C)OC(=O)N1CCc2[nH]n3c(C(N)=O)c(-c4ccc(Oc5ccccc5)cc4)nc3c2CC1. The van der Waals surface area contributed by atoms with Gasteiger partial charge in [-0.2, -0.15) is 0 Å². The normalized spacial score (nSPS) is 13.8.